The maximum Gasteiger partial charge on any atom is 2.00 e. The van der Waals surface area contributed by atoms with Gasteiger partial charge in [0.2, 0.25) is 0 Å². The van der Waals surface area contributed by atoms with Crippen molar-refractivity contribution in [2.75, 3.05) is 0 Å². The molecule has 0 radical (unpaired) electrons. The molecule has 40 valence electrons. The Labute approximate surface area is 63.4 Å². The smallest absolute Gasteiger partial charge is 0.719 e. The van der Waals surface area contributed by atoms with Gasteiger partial charge in [-0.2, -0.15) is 0 Å². The van der Waals surface area contributed by atoms with Crippen LogP contribution in [0.15, 0.2) is 0 Å². The molecule has 0 fully saturated rings. The molecule has 0 spiro atoms. The third-order valence-electron chi connectivity index (χ3n) is 0.167. The summed E-state index contributed by atoms with van der Waals surface area (Å²) in [6.45, 7) is 0. The van der Waals surface area contributed by atoms with E-state index in [9.17, 15) is 14.7 Å². The molecule has 0 rings (SSSR count). The van der Waals surface area contributed by atoms with E-state index in [0.29, 0.717) is 0 Å². The number of hydrogen-bond acceptors (Lipinski definition) is 5. The second-order valence-corrected chi connectivity index (χ2v) is 0.935. The Hall–Kier alpha value is -0.217. The minimum atomic E-state index is -1.92. The van der Waals surface area contributed by atoms with E-state index in [1.807, 2.05) is 0 Å². The molecule has 0 saturated heterocycles. The summed E-state index contributed by atoms with van der Waals surface area (Å²) in [6, 6.07) is 0. The Balaban J connectivity index is 0. The van der Waals surface area contributed by atoms with Crippen LogP contribution in [0.5, 0.6) is 0 Å². The van der Waals surface area contributed by atoms with Crippen LogP contribution in [0.4, 0.5) is 9.59 Å². The maximum absolute atomic E-state index is 9.43. The van der Waals surface area contributed by atoms with E-state index in [0.717, 1.165) is 0 Å². The van der Waals surface area contributed by atoms with E-state index < -0.39 is 11.5 Å². The fraction of sp³-hybridized carbons (Fsp3) is 0. The largest absolute Gasteiger partial charge is 2.00 e. The van der Waals surface area contributed by atoms with Crippen molar-refractivity contribution in [2.24, 2.45) is 0 Å². The molecule has 0 saturated carbocycles. The Bertz CT molecular complexity index is 90.2. The van der Waals surface area contributed by atoms with Crippen molar-refractivity contribution in [3.8, 4) is 0 Å². The maximum atomic E-state index is 9.43. The predicted octanol–water partition coefficient (Wildman–Crippen LogP) is -0.989. The van der Waals surface area contributed by atoms with Crippen LogP contribution in [0.2, 0.25) is 0 Å². The van der Waals surface area contributed by atoms with Crippen LogP contribution in [0.3, 0.4) is 0 Å². The molecular formula is C2O4SZn. The summed E-state index contributed by atoms with van der Waals surface area (Å²) >= 11 is 3.67. The summed E-state index contributed by atoms with van der Waals surface area (Å²) in [5.74, 6) is 0. The zero-order valence-corrected chi connectivity index (χ0v) is 7.53. The summed E-state index contributed by atoms with van der Waals surface area (Å²) in [4.78, 5) is 18.6. The normalized spacial score (nSPS) is 6.50. The average Bonchev–Trinajstić information content (AvgIpc) is 1.27. The van der Waals surface area contributed by atoms with E-state index in [-0.39, 0.29) is 19.5 Å². The average molecular weight is 185 g/mol. The molecule has 0 aliphatic carbocycles. The van der Waals surface area contributed by atoms with Crippen LogP contribution in [0.25, 0.3) is 0 Å². The van der Waals surface area contributed by atoms with Crippen LogP contribution >= 0.6 is 0 Å². The molecule has 0 aliphatic rings. The number of ether oxygens (including phenoxy) is 1. The number of rotatable bonds is 0. The van der Waals surface area contributed by atoms with Gasteiger partial charge in [-0.1, -0.05) is 0 Å². The fourth-order valence-corrected chi connectivity index (χ4v) is 0.136. The van der Waals surface area contributed by atoms with E-state index in [2.05, 4.69) is 17.4 Å². The second-order valence-electron chi connectivity index (χ2n) is 0.602. The molecule has 0 aromatic carbocycles. The molecular weight excluding hydrogens is 185 g/mol. The summed E-state index contributed by atoms with van der Waals surface area (Å²) in [6.07, 6.45) is -1.92. The van der Waals surface area contributed by atoms with Gasteiger partial charge < -0.3 is 32.1 Å². The minimum absolute atomic E-state index is 0. The van der Waals surface area contributed by atoms with Crippen LogP contribution in [0.1, 0.15) is 0 Å². The monoisotopic (exact) mass is 184 g/mol. The molecule has 0 aromatic heterocycles. The van der Waals surface area contributed by atoms with Crippen LogP contribution in [0, 0.1) is 0 Å². The summed E-state index contributed by atoms with van der Waals surface area (Å²) in [5.41, 5.74) is 0. The first-order valence-electron chi connectivity index (χ1n) is 1.22. The van der Waals surface area contributed by atoms with E-state index >= 15 is 0 Å². The topological polar surface area (TPSA) is 66.4 Å². The zero-order valence-electron chi connectivity index (χ0n) is 3.75. The Kier molecular flexibility index (Phi) is 6.60. The van der Waals surface area contributed by atoms with Crippen molar-refractivity contribution in [1.82, 2.24) is 0 Å². The van der Waals surface area contributed by atoms with Crippen molar-refractivity contribution in [3.05, 3.63) is 0 Å². The predicted molar refractivity (Wildman–Crippen MR) is 19.2 cm³/mol. The van der Waals surface area contributed by atoms with Crippen molar-refractivity contribution in [3.63, 3.8) is 0 Å². The standard InChI is InChI=1S/C2H2O4S.Zn/c3-1(4)6-2(5)7;/h(H,3,4)(H,5,7);/q;+2/p-2. The molecule has 0 aliphatic heterocycles. The van der Waals surface area contributed by atoms with Crippen LogP contribution < -0.4 is 5.11 Å². The fourth-order valence-electron chi connectivity index (χ4n) is 0.0680. The molecule has 4 nitrogen and oxygen atoms in total. The number of carbonyl (C=O) groups is 2. The van der Waals surface area contributed by atoms with E-state index in [1.165, 1.54) is 0 Å². The van der Waals surface area contributed by atoms with Gasteiger partial charge in [0.05, 0.1) is 0 Å². The van der Waals surface area contributed by atoms with Gasteiger partial charge in [-0.15, -0.1) is 0 Å². The van der Waals surface area contributed by atoms with Crippen molar-refractivity contribution >= 4 is 24.1 Å². The molecule has 0 aromatic rings. The molecule has 0 N–H and O–H groups in total. The molecule has 0 atom stereocenters. The van der Waals surface area contributed by atoms with Crippen molar-refractivity contribution in [2.45, 2.75) is 0 Å². The molecule has 0 bridgehead atoms. The first kappa shape index (κ1) is 10.7. The molecule has 6 heteroatoms. The SMILES string of the molecule is O=C([O-])OC(=O)[S-].[Zn+2]. The minimum Gasteiger partial charge on any atom is -0.719 e. The third kappa shape index (κ3) is 9.24. The summed E-state index contributed by atoms with van der Waals surface area (Å²) in [7, 11) is 0. The van der Waals surface area contributed by atoms with Crippen molar-refractivity contribution < 1.29 is 38.9 Å². The van der Waals surface area contributed by atoms with Gasteiger partial charge in [-0.05, 0) is 0 Å². The molecule has 0 amide bonds. The zero-order chi connectivity index (χ0) is 5.86. The number of carboxylic acid groups (broad SMARTS) is 1. The molecule has 0 heterocycles. The van der Waals surface area contributed by atoms with Crippen molar-refractivity contribution in [1.29, 1.82) is 0 Å². The summed E-state index contributed by atoms with van der Waals surface area (Å²) < 4.78 is 3.23. The first-order valence-corrected chi connectivity index (χ1v) is 1.63. The van der Waals surface area contributed by atoms with Gasteiger partial charge in [0.25, 0.3) is 6.16 Å². The van der Waals surface area contributed by atoms with Gasteiger partial charge in [0, 0.05) is 0 Å². The van der Waals surface area contributed by atoms with Gasteiger partial charge in [0.15, 0.2) is 0 Å². The van der Waals surface area contributed by atoms with E-state index in [1.54, 1.807) is 0 Å². The Morgan fingerprint density at radius 1 is 1.50 bits per heavy atom. The first-order chi connectivity index (χ1) is 3.13. The number of hydrogen-bond donors (Lipinski definition) is 0. The summed E-state index contributed by atoms with van der Waals surface area (Å²) in [5, 5.41) is 7.90. The van der Waals surface area contributed by atoms with E-state index in [4.69, 9.17) is 0 Å². The molecule has 8 heavy (non-hydrogen) atoms. The van der Waals surface area contributed by atoms with Crippen LogP contribution in [-0.4, -0.2) is 11.5 Å². The second kappa shape index (κ2) is 4.93. The number of carbonyl (C=O) groups excluding carboxylic acids is 2. The van der Waals surface area contributed by atoms with Gasteiger partial charge >= 0.3 is 19.5 Å². The van der Waals surface area contributed by atoms with Gasteiger partial charge in [-0.25, -0.2) is 0 Å². The quantitative estimate of drug-likeness (QED) is 0.210. The van der Waals surface area contributed by atoms with Gasteiger partial charge in [0.1, 0.15) is 5.30 Å². The Morgan fingerprint density at radius 2 is 1.88 bits per heavy atom. The van der Waals surface area contributed by atoms with Crippen LogP contribution in [-0.2, 0) is 36.8 Å². The Morgan fingerprint density at radius 3 is 1.88 bits per heavy atom. The molecule has 0 unspecified atom stereocenters. The van der Waals surface area contributed by atoms with Gasteiger partial charge in [-0.3, -0.25) is 0 Å². The third-order valence-corrected chi connectivity index (χ3v) is 0.250.